The van der Waals surface area contributed by atoms with Crippen molar-refractivity contribution in [1.29, 1.82) is 0 Å². The number of nitrogens with zero attached hydrogens (tertiary/aromatic N) is 4. The number of ether oxygens (including phenoxy) is 7. The summed E-state index contributed by atoms with van der Waals surface area (Å²) in [6, 6.07) is 23.5. The van der Waals surface area contributed by atoms with Gasteiger partial charge in [0.25, 0.3) is 0 Å². The molecule has 10 N–H and O–H groups in total. The van der Waals surface area contributed by atoms with E-state index in [4.69, 9.17) is 49.7 Å². The van der Waals surface area contributed by atoms with Gasteiger partial charge in [-0.15, -0.1) is 0 Å². The van der Waals surface area contributed by atoms with Gasteiger partial charge in [-0.3, -0.25) is 38.6 Å². The number of benzene rings is 3. The number of alkyl carbamates (subject to hydrolysis) is 2. The summed E-state index contributed by atoms with van der Waals surface area (Å²) in [6.07, 6.45) is -0.645. The van der Waals surface area contributed by atoms with Crippen LogP contribution in [0, 0.1) is 0 Å². The summed E-state index contributed by atoms with van der Waals surface area (Å²) in [6.45, 7) is 22.7. The van der Waals surface area contributed by atoms with Gasteiger partial charge in [0.2, 0.25) is 29.5 Å². The number of aliphatic carboxylic acids is 1. The van der Waals surface area contributed by atoms with Crippen LogP contribution >= 0.6 is 0 Å². The number of likely N-dealkylation sites (tertiary alicyclic amines) is 4. The number of nitrogens with two attached hydrogens (primary N) is 2. The first-order chi connectivity index (χ1) is 49.8. The van der Waals surface area contributed by atoms with E-state index in [0.29, 0.717) is 12.8 Å². The average Bonchev–Trinajstić information content (AvgIpc) is 1.71. The molecule has 33 nitrogen and oxygen atoms in total. The summed E-state index contributed by atoms with van der Waals surface area (Å²) >= 11 is 0. The smallest absolute Gasteiger partial charge is 0.411 e. The quantitative estimate of drug-likeness (QED) is 0.0604. The number of rotatable bonds is 18. The van der Waals surface area contributed by atoms with Crippen LogP contribution in [0.25, 0.3) is 0 Å². The number of esters is 3. The molecule has 4 aliphatic rings. The minimum atomic E-state index is -1.04. The lowest BCUT2D eigenvalue weighted by Gasteiger charge is -2.27. The number of nitrogens with one attached hydrogen (secondary N) is 5. The minimum absolute atomic E-state index is 0. The molecule has 3 aromatic rings. The van der Waals surface area contributed by atoms with Gasteiger partial charge in [0.1, 0.15) is 58.9 Å². The normalized spacial score (nSPS) is 19.0. The Labute approximate surface area is 639 Å². The molecule has 8 atom stereocenters. The largest absolute Gasteiger partial charge is 0.480 e. The number of methoxy groups -OCH3 is 3. The third kappa shape index (κ3) is 36.8. The highest BCUT2D eigenvalue weighted by Gasteiger charge is 2.45. The summed E-state index contributed by atoms with van der Waals surface area (Å²) in [5.41, 5.74) is 11.2. The average molecular weight is 1540 g/mol. The molecule has 0 aromatic heterocycles. The number of hydrogen-bond donors (Lipinski definition) is 8. The van der Waals surface area contributed by atoms with E-state index in [9.17, 15) is 67.1 Å². The molecule has 608 valence electrons. The van der Waals surface area contributed by atoms with Crippen molar-refractivity contribution in [2.45, 2.75) is 221 Å². The van der Waals surface area contributed by atoms with Crippen molar-refractivity contribution in [2.75, 3.05) is 67.1 Å². The van der Waals surface area contributed by atoms with E-state index in [0.717, 1.165) is 16.7 Å². The fourth-order valence-electron chi connectivity index (χ4n) is 11.0. The molecule has 4 saturated heterocycles. The van der Waals surface area contributed by atoms with E-state index in [1.807, 2.05) is 91.0 Å². The number of carbonyl (C=O) groups excluding carboxylic acids is 13. The fraction of sp³-hybridized carbons (Fsp3) is 0.579. The van der Waals surface area contributed by atoms with Gasteiger partial charge >= 0.3 is 48.3 Å². The van der Waals surface area contributed by atoms with Gasteiger partial charge in [-0.2, -0.15) is 0 Å². The number of hydrogen-bond acceptors (Lipinski definition) is 23. The zero-order valence-electron chi connectivity index (χ0n) is 64.1. The minimum Gasteiger partial charge on any atom is -0.480 e. The van der Waals surface area contributed by atoms with Crippen molar-refractivity contribution in [1.82, 2.24) is 46.2 Å². The van der Waals surface area contributed by atoms with Crippen LogP contribution < -0.4 is 38.1 Å². The first-order valence-corrected chi connectivity index (χ1v) is 34.8. The van der Waals surface area contributed by atoms with Crippen LogP contribution in [0.3, 0.4) is 0 Å². The van der Waals surface area contributed by atoms with E-state index in [-0.39, 0.29) is 140 Å². The summed E-state index contributed by atoms with van der Waals surface area (Å²) in [7, 11) is 3.79. The SMILES string of the molecule is C.C.CC(=O)CNC(=O)OC(C)(C)C.CC(C)(C)OC(=O)N1C[C@H](N)C[C@H]1C(=O)O.COC(=O)[C@@H]1C[C@@H](NC(=O)Cc2ccccc2)CN1C(=O)CN.COC(=O)[C@@H]1C[C@@H](NC(=O)Cc2ccccc2)CN1C(=O)CNC(=O)OC(C)(C)C.COC(=O)[C@@H]1C[C@@H](NC(=O)Cc2ccccc2)CN1C(=O)OC(C)(C)C. The van der Waals surface area contributed by atoms with E-state index in [1.165, 1.54) is 47.9 Å². The van der Waals surface area contributed by atoms with Crippen molar-refractivity contribution in [3.05, 3.63) is 108 Å². The molecule has 3 aromatic carbocycles. The van der Waals surface area contributed by atoms with Gasteiger partial charge in [0.15, 0.2) is 0 Å². The molecule has 9 amide bonds. The highest BCUT2D eigenvalue weighted by Crippen LogP contribution is 2.25. The summed E-state index contributed by atoms with van der Waals surface area (Å²) < 4.78 is 34.8. The number of amides is 9. The number of carbonyl (C=O) groups is 14. The topological polar surface area (TPSA) is 449 Å². The molecule has 0 saturated carbocycles. The van der Waals surface area contributed by atoms with Crippen LogP contribution in [0.5, 0.6) is 0 Å². The van der Waals surface area contributed by atoms with Crippen LogP contribution in [-0.4, -0.2) is 246 Å². The molecule has 0 spiro atoms. The second-order valence-corrected chi connectivity index (χ2v) is 29.4. The lowest BCUT2D eigenvalue weighted by atomic mass is 10.1. The Morgan fingerprint density at radius 2 is 0.716 bits per heavy atom. The van der Waals surface area contributed by atoms with Gasteiger partial charge < -0.3 is 86.1 Å². The predicted molar refractivity (Wildman–Crippen MR) is 402 cm³/mol. The van der Waals surface area contributed by atoms with Crippen LogP contribution in [-0.2, 0) is 100 Å². The van der Waals surface area contributed by atoms with E-state index in [1.54, 1.807) is 83.1 Å². The number of ketones is 1. The molecule has 0 radical (unpaired) electrons. The Bertz CT molecular complexity index is 3460. The molecule has 0 unspecified atom stereocenters. The summed E-state index contributed by atoms with van der Waals surface area (Å²) in [5, 5.41) is 22.3. The second kappa shape index (κ2) is 45.4. The van der Waals surface area contributed by atoms with Crippen LogP contribution in [0.1, 0.15) is 147 Å². The highest BCUT2D eigenvalue weighted by atomic mass is 16.6. The molecular formula is C76H117N11O22. The Morgan fingerprint density at radius 3 is 1.01 bits per heavy atom. The highest BCUT2D eigenvalue weighted by molar-refractivity contribution is 5.90. The zero-order chi connectivity index (χ0) is 80.7. The third-order valence-corrected chi connectivity index (χ3v) is 15.4. The van der Waals surface area contributed by atoms with Gasteiger partial charge in [-0.25, -0.2) is 38.4 Å². The molecule has 0 bridgehead atoms. The van der Waals surface area contributed by atoms with Gasteiger partial charge in [-0.05, 0) is 113 Å². The molecule has 109 heavy (non-hydrogen) atoms. The Kier molecular flexibility index (Phi) is 40.2. The molecule has 0 aliphatic carbocycles. The van der Waals surface area contributed by atoms with E-state index >= 15 is 0 Å². The second-order valence-electron chi connectivity index (χ2n) is 29.4. The number of carboxylic acids is 1. The Morgan fingerprint density at radius 1 is 0.422 bits per heavy atom. The first kappa shape index (κ1) is 96.6. The van der Waals surface area contributed by atoms with E-state index in [2.05, 4.69) is 26.6 Å². The maximum absolute atomic E-state index is 12.6. The van der Waals surface area contributed by atoms with Gasteiger partial charge in [0.05, 0.1) is 53.7 Å². The predicted octanol–water partition coefficient (Wildman–Crippen LogP) is 5.14. The molecule has 7 rings (SSSR count). The summed E-state index contributed by atoms with van der Waals surface area (Å²) in [5.74, 6) is -4.02. The fourth-order valence-corrected chi connectivity index (χ4v) is 11.0. The van der Waals surface area contributed by atoms with Crippen molar-refractivity contribution in [3.63, 3.8) is 0 Å². The third-order valence-electron chi connectivity index (χ3n) is 15.4. The standard InChI is InChI=1S/C21H29N3O6.C19H26N2O5.C16H21N3O4.C10H18N2O4.C8H15NO3.2CH4/c1-21(2,3)30-20(28)22-12-18(26)24-13-15(11-16(24)19(27)29-4)23-17(25)10-14-8-6-5-7-9-14;1-19(2,3)26-18(24)21-12-14(11-15(21)17(23)25-4)20-16(22)10-13-8-6-5-7-9-13;1-23-16(22)13-8-12(10-19(13)15(21)9-17)18-14(20)7-11-5-3-2-4-6-11;1-10(2,3)16-9(15)12-5-6(11)4-7(12)8(13)14;1-6(10)5-9-7(11)12-8(2,3)4;;/h5-9,15-16H,10-13H2,1-4H3,(H,22,28)(H,23,25);5-9,14-15H,10-12H2,1-4H3,(H,20,22);2-6,12-13H,7-10,17H2,1H3,(H,18,20);6-7H,4-5,11H2,1-3H3,(H,13,14);5H2,1-4H3,(H,9,11);2*1H4/t15-,16+;14-,15+;12-,13+;6-,7+;;;/m1111.../s1. The zero-order valence-corrected chi connectivity index (χ0v) is 64.1. The van der Waals surface area contributed by atoms with Crippen LogP contribution in [0.2, 0.25) is 0 Å². The Balaban J connectivity index is 0.000000699. The van der Waals surface area contributed by atoms with Gasteiger partial charge in [0, 0.05) is 69.6 Å². The van der Waals surface area contributed by atoms with Crippen molar-refractivity contribution in [2.24, 2.45) is 11.5 Å². The lowest BCUT2D eigenvalue weighted by Crippen LogP contribution is -2.47. The first-order valence-electron chi connectivity index (χ1n) is 34.8. The van der Waals surface area contributed by atoms with Crippen molar-refractivity contribution >= 4 is 83.6 Å². The van der Waals surface area contributed by atoms with Crippen molar-refractivity contribution in [3.8, 4) is 0 Å². The molecule has 4 heterocycles. The summed E-state index contributed by atoms with van der Waals surface area (Å²) in [4.78, 5) is 170. The monoisotopic (exact) mass is 1540 g/mol. The molecular weight excluding hydrogens is 1420 g/mol. The van der Waals surface area contributed by atoms with E-state index < -0.39 is 107 Å². The maximum Gasteiger partial charge on any atom is 0.411 e. The lowest BCUT2D eigenvalue weighted by molar-refractivity contribution is -0.150. The molecule has 33 heteroatoms. The maximum atomic E-state index is 12.6. The van der Waals surface area contributed by atoms with Crippen molar-refractivity contribution < 1.29 is 105 Å². The molecule has 4 aliphatic heterocycles. The van der Waals surface area contributed by atoms with Crippen LogP contribution in [0.15, 0.2) is 91.0 Å². The Hall–Kier alpha value is -10.4. The number of Topliss-reactive ketones (excluding diaryl/α,β-unsaturated/α-hetero) is 1. The van der Waals surface area contributed by atoms with Gasteiger partial charge in [-0.1, -0.05) is 106 Å². The number of carboxylic acid groups (broad SMARTS) is 1. The molecule has 4 fully saturated rings. The van der Waals surface area contributed by atoms with Crippen LogP contribution in [0.4, 0.5) is 19.2 Å².